The number of hydrogen-bond acceptors (Lipinski definition) is 4. The fourth-order valence-corrected chi connectivity index (χ4v) is 2.49. The van der Waals surface area contributed by atoms with Crippen molar-refractivity contribution < 1.29 is 4.74 Å². The van der Waals surface area contributed by atoms with Gasteiger partial charge in [0.1, 0.15) is 0 Å². The van der Waals surface area contributed by atoms with E-state index in [9.17, 15) is 0 Å². The zero-order valence-corrected chi connectivity index (χ0v) is 11.7. The van der Waals surface area contributed by atoms with Crippen molar-refractivity contribution in [3.05, 3.63) is 52.0 Å². The molecule has 2 aromatic rings. The van der Waals surface area contributed by atoms with Crippen LogP contribution in [-0.4, -0.2) is 11.0 Å². The van der Waals surface area contributed by atoms with Gasteiger partial charge in [0, 0.05) is 23.7 Å². The van der Waals surface area contributed by atoms with E-state index in [4.69, 9.17) is 4.74 Å². The molecule has 0 unspecified atom stereocenters. The van der Waals surface area contributed by atoms with Crippen molar-refractivity contribution in [1.82, 2.24) is 10.3 Å². The van der Waals surface area contributed by atoms with Crippen LogP contribution >= 0.6 is 11.3 Å². The van der Waals surface area contributed by atoms with Crippen LogP contribution in [0.25, 0.3) is 0 Å². The second-order valence-electron chi connectivity index (χ2n) is 4.89. The fraction of sp³-hybridized carbons (Fsp3) is 0.400. The third kappa shape index (κ3) is 4.13. The molecule has 2 heterocycles. The molecule has 19 heavy (non-hydrogen) atoms. The van der Waals surface area contributed by atoms with Crippen molar-refractivity contribution in [2.45, 2.75) is 38.6 Å². The van der Waals surface area contributed by atoms with Crippen LogP contribution in [0.3, 0.4) is 0 Å². The van der Waals surface area contributed by atoms with Crippen LogP contribution in [0.1, 0.15) is 29.0 Å². The van der Waals surface area contributed by atoms with Gasteiger partial charge in [-0.1, -0.05) is 12.1 Å². The Bertz CT molecular complexity index is 491. The van der Waals surface area contributed by atoms with Crippen LogP contribution in [0.5, 0.6) is 0 Å². The average Bonchev–Trinajstić information content (AvgIpc) is 3.13. The Balaban J connectivity index is 1.42. The molecule has 2 aromatic heterocycles. The summed E-state index contributed by atoms with van der Waals surface area (Å²) in [5, 5.41) is 5.55. The Labute approximate surface area is 117 Å². The molecule has 3 rings (SSSR count). The summed E-state index contributed by atoms with van der Waals surface area (Å²) in [4.78, 5) is 5.69. The highest BCUT2D eigenvalue weighted by Crippen LogP contribution is 2.19. The van der Waals surface area contributed by atoms with Crippen LogP contribution in [0, 0.1) is 0 Å². The van der Waals surface area contributed by atoms with Crippen LogP contribution in [-0.2, 0) is 24.5 Å². The lowest BCUT2D eigenvalue weighted by molar-refractivity contribution is 0.106. The molecule has 0 spiro atoms. The average molecular weight is 274 g/mol. The van der Waals surface area contributed by atoms with Crippen LogP contribution in [0.15, 0.2) is 35.8 Å². The van der Waals surface area contributed by atoms with Gasteiger partial charge in [-0.05, 0) is 35.9 Å². The zero-order valence-electron chi connectivity index (χ0n) is 10.8. The van der Waals surface area contributed by atoms with E-state index in [0.29, 0.717) is 13.2 Å². The van der Waals surface area contributed by atoms with E-state index in [2.05, 4.69) is 33.9 Å². The van der Waals surface area contributed by atoms with E-state index in [-0.39, 0.29) is 0 Å². The lowest BCUT2D eigenvalue weighted by Gasteiger charge is -2.05. The summed E-state index contributed by atoms with van der Waals surface area (Å²) >= 11 is 1.72. The van der Waals surface area contributed by atoms with Crippen LogP contribution in [0.2, 0.25) is 0 Å². The van der Waals surface area contributed by atoms with E-state index in [1.54, 1.807) is 11.3 Å². The van der Waals surface area contributed by atoms with E-state index in [1.807, 2.05) is 12.3 Å². The Morgan fingerprint density at radius 2 is 2.21 bits per heavy atom. The van der Waals surface area contributed by atoms with Gasteiger partial charge >= 0.3 is 0 Å². The minimum atomic E-state index is 0.578. The molecule has 1 aliphatic carbocycles. The van der Waals surface area contributed by atoms with Gasteiger partial charge in [-0.15, -0.1) is 11.3 Å². The number of hydrogen-bond donors (Lipinski definition) is 1. The molecule has 0 aromatic carbocycles. The normalized spacial score (nSPS) is 14.7. The van der Waals surface area contributed by atoms with Crippen molar-refractivity contribution in [2.75, 3.05) is 0 Å². The third-order valence-corrected chi connectivity index (χ3v) is 3.98. The Morgan fingerprint density at radius 1 is 1.26 bits per heavy atom. The highest BCUT2D eigenvalue weighted by Gasteiger charge is 2.19. The fourth-order valence-electron chi connectivity index (χ4n) is 1.85. The van der Waals surface area contributed by atoms with E-state index in [0.717, 1.165) is 18.3 Å². The zero-order chi connectivity index (χ0) is 12.9. The molecule has 0 radical (unpaired) electrons. The molecule has 1 fully saturated rings. The Kier molecular flexibility index (Phi) is 4.23. The van der Waals surface area contributed by atoms with Gasteiger partial charge in [0.15, 0.2) is 0 Å². The number of pyridine rings is 1. The number of thiophene rings is 1. The van der Waals surface area contributed by atoms with E-state index in [1.165, 1.54) is 23.3 Å². The topological polar surface area (TPSA) is 34.1 Å². The number of aromatic nitrogens is 1. The van der Waals surface area contributed by atoms with Gasteiger partial charge in [-0.25, -0.2) is 0 Å². The lowest BCUT2D eigenvalue weighted by Crippen LogP contribution is -2.15. The first-order valence-corrected chi connectivity index (χ1v) is 7.55. The van der Waals surface area contributed by atoms with Gasteiger partial charge in [0.2, 0.25) is 0 Å². The number of nitrogens with one attached hydrogen (secondary N) is 1. The van der Waals surface area contributed by atoms with Crippen molar-refractivity contribution in [1.29, 1.82) is 0 Å². The van der Waals surface area contributed by atoms with Gasteiger partial charge < -0.3 is 10.1 Å². The third-order valence-electron chi connectivity index (χ3n) is 3.13. The minimum absolute atomic E-state index is 0.578. The standard InChI is InChI=1S/C15H18N2OS/c1-2-15(19-7-1)11-18-10-14-4-3-12(9-17-14)8-16-13-5-6-13/h1-4,7,9,13,16H,5-6,8,10-11H2. The van der Waals surface area contributed by atoms with Crippen LogP contribution < -0.4 is 5.32 Å². The molecular formula is C15H18N2OS. The van der Waals surface area contributed by atoms with Crippen molar-refractivity contribution >= 4 is 11.3 Å². The molecule has 1 N–H and O–H groups in total. The van der Waals surface area contributed by atoms with Crippen molar-refractivity contribution in [3.8, 4) is 0 Å². The SMILES string of the molecule is c1csc(COCc2ccc(CNC3CC3)cn2)c1. The highest BCUT2D eigenvalue weighted by molar-refractivity contribution is 7.09. The first-order valence-electron chi connectivity index (χ1n) is 6.67. The first-order chi connectivity index (χ1) is 9.40. The van der Waals surface area contributed by atoms with Crippen molar-refractivity contribution in [2.24, 2.45) is 0 Å². The summed E-state index contributed by atoms with van der Waals surface area (Å²) in [6.45, 7) is 2.17. The minimum Gasteiger partial charge on any atom is -0.370 e. The van der Waals surface area contributed by atoms with Gasteiger partial charge in [-0.2, -0.15) is 0 Å². The molecule has 3 nitrogen and oxygen atoms in total. The van der Waals surface area contributed by atoms with E-state index < -0.39 is 0 Å². The molecule has 100 valence electrons. The molecule has 0 amide bonds. The predicted molar refractivity (Wildman–Crippen MR) is 76.9 cm³/mol. The molecular weight excluding hydrogens is 256 g/mol. The molecule has 0 aliphatic heterocycles. The summed E-state index contributed by atoms with van der Waals surface area (Å²) < 4.78 is 5.64. The monoisotopic (exact) mass is 274 g/mol. The lowest BCUT2D eigenvalue weighted by atomic mass is 10.2. The van der Waals surface area contributed by atoms with Gasteiger partial charge in [0.05, 0.1) is 18.9 Å². The maximum absolute atomic E-state index is 5.64. The number of nitrogens with zero attached hydrogens (tertiary/aromatic N) is 1. The Hall–Kier alpha value is -1.23. The molecule has 4 heteroatoms. The number of ether oxygens (including phenoxy) is 1. The summed E-state index contributed by atoms with van der Waals surface area (Å²) in [5.41, 5.74) is 2.24. The second-order valence-corrected chi connectivity index (χ2v) is 5.92. The summed E-state index contributed by atoms with van der Waals surface area (Å²) in [6.07, 6.45) is 4.59. The van der Waals surface area contributed by atoms with Gasteiger partial charge in [-0.3, -0.25) is 4.98 Å². The molecule has 0 saturated heterocycles. The molecule has 1 saturated carbocycles. The summed E-state index contributed by atoms with van der Waals surface area (Å²) in [6, 6.07) is 9.06. The molecule has 0 atom stereocenters. The first kappa shape index (κ1) is 12.8. The maximum atomic E-state index is 5.64. The van der Waals surface area contributed by atoms with E-state index >= 15 is 0 Å². The maximum Gasteiger partial charge on any atom is 0.0892 e. The second kappa shape index (κ2) is 6.28. The smallest absolute Gasteiger partial charge is 0.0892 e. The van der Waals surface area contributed by atoms with Gasteiger partial charge in [0.25, 0.3) is 0 Å². The molecule has 1 aliphatic rings. The highest BCUT2D eigenvalue weighted by atomic mass is 32.1. The Morgan fingerprint density at radius 3 is 2.89 bits per heavy atom. The van der Waals surface area contributed by atoms with Crippen molar-refractivity contribution in [3.63, 3.8) is 0 Å². The quantitative estimate of drug-likeness (QED) is 0.842. The largest absolute Gasteiger partial charge is 0.370 e. The predicted octanol–water partition coefficient (Wildman–Crippen LogP) is 3.11. The molecule has 0 bridgehead atoms. The summed E-state index contributed by atoms with van der Waals surface area (Å²) in [7, 11) is 0. The number of rotatable bonds is 7. The van der Waals surface area contributed by atoms with Crippen LogP contribution in [0.4, 0.5) is 0 Å². The summed E-state index contributed by atoms with van der Waals surface area (Å²) in [5.74, 6) is 0.